The molecule has 0 fully saturated rings. The first-order chi connectivity index (χ1) is 8.32. The smallest absolute Gasteiger partial charge is 0.388 e. The lowest BCUT2D eigenvalue weighted by Gasteiger charge is -2.17. The van der Waals surface area contributed by atoms with Crippen LogP contribution in [0, 0.1) is 5.92 Å². The van der Waals surface area contributed by atoms with Gasteiger partial charge in [0.25, 0.3) is 0 Å². The standard InChI is InChI=1S/C13H17F3OS/c1-9(2)7-18-8-12(17)10-5-3-4-6-11(10)13(14,15)16/h3-6,9,12,17H,7-8H2,1-2H3. The number of thioether (sulfide) groups is 1. The second-order valence-electron chi connectivity index (χ2n) is 4.53. The van der Waals surface area contributed by atoms with Crippen LogP contribution in [0.5, 0.6) is 0 Å². The van der Waals surface area contributed by atoms with Gasteiger partial charge in [0.2, 0.25) is 0 Å². The molecule has 0 spiro atoms. The van der Waals surface area contributed by atoms with Crippen molar-refractivity contribution in [1.29, 1.82) is 0 Å². The van der Waals surface area contributed by atoms with Crippen LogP contribution in [-0.4, -0.2) is 16.6 Å². The minimum Gasteiger partial charge on any atom is -0.388 e. The van der Waals surface area contributed by atoms with Crippen molar-refractivity contribution < 1.29 is 18.3 Å². The van der Waals surface area contributed by atoms with Gasteiger partial charge in [0.1, 0.15) is 0 Å². The first kappa shape index (κ1) is 15.4. The second kappa shape index (κ2) is 6.48. The van der Waals surface area contributed by atoms with E-state index in [9.17, 15) is 18.3 Å². The maximum Gasteiger partial charge on any atom is 0.416 e. The Hall–Kier alpha value is -0.680. The predicted molar refractivity (Wildman–Crippen MR) is 68.6 cm³/mol. The molecule has 102 valence electrons. The van der Waals surface area contributed by atoms with Crippen LogP contribution in [0.15, 0.2) is 24.3 Å². The largest absolute Gasteiger partial charge is 0.416 e. The van der Waals surface area contributed by atoms with E-state index in [2.05, 4.69) is 0 Å². The molecule has 1 aromatic carbocycles. The summed E-state index contributed by atoms with van der Waals surface area (Å²) in [6, 6.07) is 5.19. The molecule has 0 amide bonds. The fraction of sp³-hybridized carbons (Fsp3) is 0.538. The first-order valence-electron chi connectivity index (χ1n) is 5.74. The summed E-state index contributed by atoms with van der Waals surface area (Å²) < 4.78 is 38.2. The maximum absolute atomic E-state index is 12.7. The summed E-state index contributed by atoms with van der Waals surface area (Å²) in [4.78, 5) is 0. The fourth-order valence-corrected chi connectivity index (χ4v) is 2.56. The quantitative estimate of drug-likeness (QED) is 0.874. The van der Waals surface area contributed by atoms with Crippen molar-refractivity contribution in [3.8, 4) is 0 Å². The van der Waals surface area contributed by atoms with E-state index in [4.69, 9.17) is 0 Å². The molecule has 1 N–H and O–H groups in total. The molecule has 0 aliphatic heterocycles. The van der Waals surface area contributed by atoms with E-state index in [0.29, 0.717) is 5.92 Å². The monoisotopic (exact) mass is 278 g/mol. The van der Waals surface area contributed by atoms with Crippen molar-refractivity contribution >= 4 is 11.8 Å². The summed E-state index contributed by atoms with van der Waals surface area (Å²) in [7, 11) is 0. The van der Waals surface area contributed by atoms with E-state index in [-0.39, 0.29) is 11.3 Å². The Morgan fingerprint density at radius 3 is 2.33 bits per heavy atom. The molecule has 5 heteroatoms. The molecule has 0 saturated carbocycles. The van der Waals surface area contributed by atoms with E-state index in [1.165, 1.54) is 30.0 Å². The number of hydrogen-bond acceptors (Lipinski definition) is 2. The zero-order chi connectivity index (χ0) is 13.8. The van der Waals surface area contributed by atoms with Crippen molar-refractivity contribution in [3.63, 3.8) is 0 Å². The minimum atomic E-state index is -4.42. The third-order valence-corrected chi connectivity index (χ3v) is 3.81. The van der Waals surface area contributed by atoms with Crippen LogP contribution in [0.1, 0.15) is 31.1 Å². The van der Waals surface area contributed by atoms with Gasteiger partial charge in [-0.3, -0.25) is 0 Å². The van der Waals surface area contributed by atoms with Crippen molar-refractivity contribution in [2.45, 2.75) is 26.1 Å². The molecule has 1 unspecified atom stereocenters. The van der Waals surface area contributed by atoms with Crippen LogP contribution in [0.3, 0.4) is 0 Å². The number of rotatable bonds is 5. The maximum atomic E-state index is 12.7. The lowest BCUT2D eigenvalue weighted by Crippen LogP contribution is -2.13. The van der Waals surface area contributed by atoms with Gasteiger partial charge in [-0.25, -0.2) is 0 Å². The van der Waals surface area contributed by atoms with Gasteiger partial charge < -0.3 is 5.11 Å². The summed E-state index contributed by atoms with van der Waals surface area (Å²) in [6.07, 6.45) is -5.49. The summed E-state index contributed by atoms with van der Waals surface area (Å²) in [5.74, 6) is 1.57. The lowest BCUT2D eigenvalue weighted by atomic mass is 10.0. The number of halogens is 3. The number of aliphatic hydroxyl groups is 1. The van der Waals surface area contributed by atoms with Gasteiger partial charge in [0.05, 0.1) is 11.7 Å². The molecule has 0 bridgehead atoms. The Bertz CT molecular complexity index is 377. The van der Waals surface area contributed by atoms with Crippen LogP contribution in [0.2, 0.25) is 0 Å². The highest BCUT2D eigenvalue weighted by Gasteiger charge is 2.34. The first-order valence-corrected chi connectivity index (χ1v) is 6.89. The molecule has 1 nitrogen and oxygen atoms in total. The zero-order valence-electron chi connectivity index (χ0n) is 10.4. The van der Waals surface area contributed by atoms with Crippen molar-refractivity contribution in [2.24, 2.45) is 5.92 Å². The van der Waals surface area contributed by atoms with Crippen LogP contribution < -0.4 is 0 Å². The van der Waals surface area contributed by atoms with Crippen LogP contribution in [-0.2, 0) is 6.18 Å². The van der Waals surface area contributed by atoms with Crippen molar-refractivity contribution in [2.75, 3.05) is 11.5 Å². The van der Waals surface area contributed by atoms with E-state index in [1.54, 1.807) is 0 Å². The molecule has 1 rings (SSSR count). The number of hydrogen-bond donors (Lipinski definition) is 1. The summed E-state index contributed by atoms with van der Waals surface area (Å²) >= 11 is 1.47. The summed E-state index contributed by atoms with van der Waals surface area (Å²) in [5.41, 5.74) is -0.788. The lowest BCUT2D eigenvalue weighted by molar-refractivity contribution is -0.139. The molecule has 1 aromatic rings. The van der Waals surface area contributed by atoms with Gasteiger partial charge in [-0.2, -0.15) is 24.9 Å². The summed E-state index contributed by atoms with van der Waals surface area (Å²) in [6.45, 7) is 4.06. The van der Waals surface area contributed by atoms with Crippen molar-refractivity contribution in [3.05, 3.63) is 35.4 Å². The molecule has 0 aliphatic carbocycles. The Morgan fingerprint density at radius 2 is 1.78 bits per heavy atom. The molecular formula is C13H17F3OS. The van der Waals surface area contributed by atoms with E-state index in [0.717, 1.165) is 11.8 Å². The normalized spacial score (nSPS) is 13.9. The Balaban J connectivity index is 2.76. The van der Waals surface area contributed by atoms with E-state index >= 15 is 0 Å². The van der Waals surface area contributed by atoms with Gasteiger partial charge >= 0.3 is 6.18 Å². The minimum absolute atomic E-state index is 0.0405. The highest BCUT2D eigenvalue weighted by Crippen LogP contribution is 2.35. The highest BCUT2D eigenvalue weighted by atomic mass is 32.2. The van der Waals surface area contributed by atoms with Gasteiger partial charge in [0.15, 0.2) is 0 Å². The number of benzene rings is 1. The Morgan fingerprint density at radius 1 is 1.17 bits per heavy atom. The molecule has 0 aliphatic rings. The van der Waals surface area contributed by atoms with E-state index < -0.39 is 17.8 Å². The molecule has 1 atom stereocenters. The molecule has 0 aromatic heterocycles. The average molecular weight is 278 g/mol. The molecule has 18 heavy (non-hydrogen) atoms. The molecule has 0 radical (unpaired) electrons. The number of aliphatic hydroxyl groups excluding tert-OH is 1. The number of alkyl halides is 3. The zero-order valence-corrected chi connectivity index (χ0v) is 11.2. The van der Waals surface area contributed by atoms with Gasteiger partial charge in [-0.15, -0.1) is 0 Å². The SMILES string of the molecule is CC(C)CSCC(O)c1ccccc1C(F)(F)F. The third kappa shape index (κ3) is 4.53. The molecular weight excluding hydrogens is 261 g/mol. The summed E-state index contributed by atoms with van der Waals surface area (Å²) in [5, 5.41) is 9.86. The van der Waals surface area contributed by atoms with Crippen LogP contribution >= 0.6 is 11.8 Å². The van der Waals surface area contributed by atoms with Crippen LogP contribution in [0.4, 0.5) is 13.2 Å². The fourth-order valence-electron chi connectivity index (χ4n) is 1.55. The van der Waals surface area contributed by atoms with Gasteiger partial charge in [0, 0.05) is 5.75 Å². The topological polar surface area (TPSA) is 20.2 Å². The van der Waals surface area contributed by atoms with Gasteiger partial charge in [-0.05, 0) is 23.3 Å². The average Bonchev–Trinajstić information content (AvgIpc) is 2.27. The molecule has 0 heterocycles. The molecule has 0 saturated heterocycles. The van der Waals surface area contributed by atoms with Crippen molar-refractivity contribution in [1.82, 2.24) is 0 Å². The third-order valence-electron chi connectivity index (χ3n) is 2.35. The second-order valence-corrected chi connectivity index (χ2v) is 5.61. The predicted octanol–water partition coefficient (Wildman–Crippen LogP) is 4.13. The Kier molecular flexibility index (Phi) is 5.53. The highest BCUT2D eigenvalue weighted by molar-refractivity contribution is 7.99. The Labute approximate surface area is 109 Å². The van der Waals surface area contributed by atoms with Crippen LogP contribution in [0.25, 0.3) is 0 Å². The van der Waals surface area contributed by atoms with E-state index in [1.807, 2.05) is 13.8 Å². The van der Waals surface area contributed by atoms with Gasteiger partial charge in [-0.1, -0.05) is 32.0 Å².